The van der Waals surface area contributed by atoms with E-state index in [-0.39, 0.29) is 5.56 Å². The van der Waals surface area contributed by atoms with Crippen molar-refractivity contribution in [1.29, 1.82) is 0 Å². The summed E-state index contributed by atoms with van der Waals surface area (Å²) in [5.41, 5.74) is 5.96. The summed E-state index contributed by atoms with van der Waals surface area (Å²) in [6.45, 7) is 1.82. The molecule has 18 heavy (non-hydrogen) atoms. The zero-order valence-electron chi connectivity index (χ0n) is 9.18. The fourth-order valence-electron chi connectivity index (χ4n) is 1.28. The predicted molar refractivity (Wildman–Crippen MR) is 71.6 cm³/mol. The van der Waals surface area contributed by atoms with Gasteiger partial charge in [0.15, 0.2) is 4.34 Å². The molecule has 0 aliphatic rings. The maximum absolute atomic E-state index is 11.2. The Bertz CT molecular complexity index is 615. The van der Waals surface area contributed by atoms with E-state index < -0.39 is 5.97 Å². The second-order valence-electron chi connectivity index (χ2n) is 3.37. The average Bonchev–Trinajstić information content (AvgIpc) is 2.67. The summed E-state index contributed by atoms with van der Waals surface area (Å²) >= 11 is 8.58. The summed E-state index contributed by atoms with van der Waals surface area (Å²) < 4.78 is 0.640. The Hall–Kier alpha value is -1.31. The van der Waals surface area contributed by atoms with Crippen LogP contribution in [0.25, 0.3) is 0 Å². The largest absolute Gasteiger partial charge is 0.478 e. The van der Waals surface area contributed by atoms with E-state index in [2.05, 4.69) is 10.2 Å². The summed E-state index contributed by atoms with van der Waals surface area (Å²) in [6, 6.07) is 2.90. The minimum Gasteiger partial charge on any atom is -0.478 e. The second-order valence-corrected chi connectivity index (χ2v) is 6.22. The first-order chi connectivity index (χ1) is 8.47. The number of carboxylic acid groups (broad SMARTS) is 1. The lowest BCUT2D eigenvalue weighted by molar-refractivity contribution is 0.0693. The van der Waals surface area contributed by atoms with E-state index in [0.29, 0.717) is 19.9 Å². The lowest BCUT2D eigenvalue weighted by Crippen LogP contribution is -2.01. The number of nitrogen functional groups attached to an aromatic ring is 1. The first kappa shape index (κ1) is 13.1. The zero-order chi connectivity index (χ0) is 13.3. The van der Waals surface area contributed by atoms with Gasteiger partial charge in [-0.25, -0.2) is 4.79 Å². The van der Waals surface area contributed by atoms with Gasteiger partial charge in [-0.1, -0.05) is 34.7 Å². The highest BCUT2D eigenvalue weighted by atomic mass is 35.5. The quantitative estimate of drug-likeness (QED) is 0.847. The van der Waals surface area contributed by atoms with E-state index in [0.717, 1.165) is 5.01 Å². The zero-order valence-corrected chi connectivity index (χ0v) is 11.6. The fraction of sp³-hybridized carbons (Fsp3) is 0.100. The van der Waals surface area contributed by atoms with Crippen LogP contribution in [0.3, 0.4) is 0 Å². The molecule has 0 aliphatic carbocycles. The molecule has 1 aromatic carbocycles. The van der Waals surface area contributed by atoms with Gasteiger partial charge in [0.05, 0.1) is 10.6 Å². The van der Waals surface area contributed by atoms with Crippen molar-refractivity contribution in [1.82, 2.24) is 10.2 Å². The van der Waals surface area contributed by atoms with Gasteiger partial charge in [0.1, 0.15) is 5.01 Å². The van der Waals surface area contributed by atoms with E-state index in [1.54, 1.807) is 0 Å². The molecule has 0 unspecified atom stereocenters. The summed E-state index contributed by atoms with van der Waals surface area (Å²) in [6.07, 6.45) is 0. The molecular formula is C10H8ClN3O2S2. The summed E-state index contributed by atoms with van der Waals surface area (Å²) in [4.78, 5) is 11.6. The van der Waals surface area contributed by atoms with Gasteiger partial charge >= 0.3 is 5.97 Å². The molecule has 0 aliphatic heterocycles. The Morgan fingerprint density at radius 3 is 2.78 bits per heavy atom. The van der Waals surface area contributed by atoms with Crippen LogP contribution < -0.4 is 5.73 Å². The van der Waals surface area contributed by atoms with E-state index in [4.69, 9.17) is 22.4 Å². The van der Waals surface area contributed by atoms with Crippen LogP contribution >= 0.6 is 34.7 Å². The van der Waals surface area contributed by atoms with E-state index in [1.807, 2.05) is 6.92 Å². The molecule has 1 aromatic heterocycles. The number of aryl methyl sites for hydroxylation is 1. The number of carboxylic acids is 1. The summed E-state index contributed by atoms with van der Waals surface area (Å²) in [5.74, 6) is -1.08. The molecule has 94 valence electrons. The number of nitrogens with zero attached hydrogens (tertiary/aromatic N) is 2. The van der Waals surface area contributed by atoms with Crippen LogP contribution in [-0.4, -0.2) is 21.3 Å². The van der Waals surface area contributed by atoms with Crippen LogP contribution in [0.2, 0.25) is 5.02 Å². The maximum Gasteiger partial charge on any atom is 0.336 e. The van der Waals surface area contributed by atoms with Gasteiger partial charge < -0.3 is 10.8 Å². The summed E-state index contributed by atoms with van der Waals surface area (Å²) in [7, 11) is 0. The van der Waals surface area contributed by atoms with Crippen molar-refractivity contribution in [2.45, 2.75) is 16.2 Å². The first-order valence-electron chi connectivity index (χ1n) is 4.77. The van der Waals surface area contributed by atoms with E-state index in [9.17, 15) is 4.79 Å². The van der Waals surface area contributed by atoms with Crippen molar-refractivity contribution in [3.05, 3.63) is 27.7 Å². The minimum atomic E-state index is -1.08. The summed E-state index contributed by atoms with van der Waals surface area (Å²) in [5, 5.41) is 18.0. The third-order valence-electron chi connectivity index (χ3n) is 1.99. The lowest BCUT2D eigenvalue weighted by atomic mass is 10.2. The highest BCUT2D eigenvalue weighted by Crippen LogP contribution is 2.38. The molecule has 5 nitrogen and oxygen atoms in total. The Morgan fingerprint density at radius 2 is 2.22 bits per heavy atom. The van der Waals surface area contributed by atoms with Crippen molar-refractivity contribution < 1.29 is 9.90 Å². The van der Waals surface area contributed by atoms with Crippen LogP contribution in [0, 0.1) is 6.92 Å². The number of aromatic nitrogens is 2. The number of anilines is 1. The van der Waals surface area contributed by atoms with Gasteiger partial charge in [0, 0.05) is 10.6 Å². The van der Waals surface area contributed by atoms with Crippen LogP contribution in [0.4, 0.5) is 5.69 Å². The molecule has 0 bridgehead atoms. The van der Waals surface area contributed by atoms with Crippen molar-refractivity contribution in [2.75, 3.05) is 5.73 Å². The second kappa shape index (κ2) is 5.13. The minimum absolute atomic E-state index is 0.0675. The Morgan fingerprint density at radius 1 is 1.50 bits per heavy atom. The van der Waals surface area contributed by atoms with Crippen LogP contribution in [-0.2, 0) is 0 Å². The standard InChI is InChI=1S/C10H8ClN3O2S2/c1-4-13-14-10(17-4)18-8-6(9(15)16)2-5(12)3-7(8)11/h2-3H,12H2,1H3,(H,15,16). The first-order valence-corrected chi connectivity index (χ1v) is 6.78. The molecule has 0 saturated heterocycles. The maximum atomic E-state index is 11.2. The van der Waals surface area contributed by atoms with E-state index >= 15 is 0 Å². The molecule has 0 fully saturated rings. The van der Waals surface area contributed by atoms with E-state index in [1.165, 1.54) is 35.2 Å². The van der Waals surface area contributed by atoms with Crippen molar-refractivity contribution >= 4 is 46.4 Å². The monoisotopic (exact) mass is 301 g/mol. The average molecular weight is 302 g/mol. The number of rotatable bonds is 3. The lowest BCUT2D eigenvalue weighted by Gasteiger charge is -2.07. The third-order valence-corrected chi connectivity index (χ3v) is 4.44. The number of hydrogen-bond acceptors (Lipinski definition) is 6. The number of benzene rings is 1. The molecule has 0 amide bonds. The predicted octanol–water partition coefficient (Wildman–Crippen LogP) is 2.93. The van der Waals surface area contributed by atoms with Crippen LogP contribution in [0.5, 0.6) is 0 Å². The normalized spacial score (nSPS) is 10.6. The Kier molecular flexibility index (Phi) is 3.74. The number of hydrogen-bond donors (Lipinski definition) is 2. The molecule has 0 spiro atoms. The van der Waals surface area contributed by atoms with Gasteiger partial charge in [-0.15, -0.1) is 10.2 Å². The highest BCUT2D eigenvalue weighted by molar-refractivity contribution is 8.01. The highest BCUT2D eigenvalue weighted by Gasteiger charge is 2.17. The number of carbonyl (C=O) groups is 1. The SMILES string of the molecule is Cc1nnc(Sc2c(Cl)cc(N)cc2C(=O)O)s1. The van der Waals surface area contributed by atoms with Gasteiger partial charge in [-0.05, 0) is 19.1 Å². The third kappa shape index (κ3) is 2.74. The Balaban J connectivity index is 2.46. The number of nitrogens with two attached hydrogens (primary N) is 1. The molecule has 0 radical (unpaired) electrons. The molecule has 2 aromatic rings. The smallest absolute Gasteiger partial charge is 0.336 e. The molecule has 3 N–H and O–H groups in total. The number of halogens is 1. The molecule has 2 rings (SSSR count). The van der Waals surface area contributed by atoms with Crippen molar-refractivity contribution in [2.24, 2.45) is 0 Å². The number of aromatic carboxylic acids is 1. The molecular weight excluding hydrogens is 294 g/mol. The molecule has 8 heteroatoms. The van der Waals surface area contributed by atoms with Gasteiger partial charge in [-0.3, -0.25) is 0 Å². The van der Waals surface area contributed by atoms with Gasteiger partial charge in [0.2, 0.25) is 0 Å². The topological polar surface area (TPSA) is 89.1 Å². The van der Waals surface area contributed by atoms with Crippen molar-refractivity contribution in [3.63, 3.8) is 0 Å². The molecule has 0 saturated carbocycles. The van der Waals surface area contributed by atoms with Crippen molar-refractivity contribution in [3.8, 4) is 0 Å². The fourth-order valence-corrected chi connectivity index (χ4v) is 3.49. The molecule has 1 heterocycles. The molecule has 0 atom stereocenters. The van der Waals surface area contributed by atoms with Crippen LogP contribution in [0.1, 0.15) is 15.4 Å². The van der Waals surface area contributed by atoms with Crippen LogP contribution in [0.15, 0.2) is 21.4 Å². The Labute approximate surface area is 116 Å². The van der Waals surface area contributed by atoms with Gasteiger partial charge in [0.25, 0.3) is 0 Å². The van der Waals surface area contributed by atoms with Gasteiger partial charge in [-0.2, -0.15) is 0 Å².